The molecule has 0 rings (SSSR count). The minimum atomic E-state index is -4.88. The van der Waals surface area contributed by atoms with Gasteiger partial charge in [-0.15, -0.1) is 0 Å². The normalized spacial score (nSPS) is 15.3. The lowest BCUT2D eigenvalue weighted by Crippen LogP contribution is -2.30. The van der Waals surface area contributed by atoms with Gasteiger partial charge in [-0.05, 0) is 38.5 Å². The molecule has 0 saturated carbocycles. The average Bonchev–Trinajstić information content (AvgIpc) is 3.16. The van der Waals surface area contributed by atoms with Crippen molar-refractivity contribution in [1.82, 2.24) is 0 Å². The van der Waals surface area contributed by atoms with Gasteiger partial charge in [0.2, 0.25) is 0 Å². The van der Waals surface area contributed by atoms with Gasteiger partial charge in [0.1, 0.15) is 12.7 Å². The first-order valence-corrected chi connectivity index (χ1v) is 24.6. The van der Waals surface area contributed by atoms with E-state index >= 15 is 0 Å². The lowest BCUT2D eigenvalue weighted by atomic mass is 10.0. The molecule has 0 aliphatic rings. The molecule has 5 atom stereocenters. The Hall–Kier alpha value is -1.22. The number of ether oxygens (including phenoxy) is 2. The highest BCUT2D eigenvalue weighted by Crippen LogP contribution is 2.43. The summed E-state index contributed by atoms with van der Waals surface area (Å²) >= 11 is 0. The molecule has 0 aromatic heterocycles. The molecule has 0 radical (unpaired) electrons. The van der Waals surface area contributed by atoms with Crippen LogP contribution in [-0.2, 0) is 41.8 Å². The molecule has 0 aliphatic carbocycles. The van der Waals surface area contributed by atoms with E-state index in [4.69, 9.17) is 23.8 Å². The molecule has 0 aromatic rings. The van der Waals surface area contributed by atoms with E-state index in [0.29, 0.717) is 32.1 Å². The number of carbonyl (C=O) groups is 2. The van der Waals surface area contributed by atoms with Gasteiger partial charge in [0.05, 0.1) is 32.0 Å². The Bertz CT molecular complexity index is 1100. The third-order valence-corrected chi connectivity index (χ3v) is 10.8. The maximum absolute atomic E-state index is 12.7. The van der Waals surface area contributed by atoms with Gasteiger partial charge in [0.15, 0.2) is 6.10 Å². The molecule has 0 aromatic carbocycles. The summed E-state index contributed by atoms with van der Waals surface area (Å²) in [5, 5.41) is 30.2. The largest absolute Gasteiger partial charge is 0.472 e. The van der Waals surface area contributed by atoms with E-state index in [0.717, 1.165) is 57.8 Å². The molecule has 0 spiro atoms. The fourth-order valence-electron chi connectivity index (χ4n) is 5.90. The van der Waals surface area contributed by atoms with E-state index in [1.54, 1.807) is 0 Å². The second-order valence-electron chi connectivity index (χ2n) is 14.9. The SMILES string of the molecule is CCCCC/C=C\C[C@H](O)[C@@H](O)CCCCCCCC(=O)O[C@H](COC(=O)CCCCCCCCCCCCCCC)COP(=O)(O)OC[C@@H](O)COP(=O)(O)O. The Balaban J connectivity index is 4.63. The maximum atomic E-state index is 12.7. The number of carbonyl (C=O) groups excluding carboxylic acids is 2. The predicted octanol–water partition coefficient (Wildman–Crippen LogP) is 8.51. The van der Waals surface area contributed by atoms with Gasteiger partial charge in [0.25, 0.3) is 0 Å². The van der Waals surface area contributed by atoms with Crippen LogP contribution in [-0.4, -0.2) is 92.8 Å². The van der Waals surface area contributed by atoms with Crippen molar-refractivity contribution in [2.24, 2.45) is 0 Å². The first kappa shape index (κ1) is 55.8. The minimum absolute atomic E-state index is 0.0361. The van der Waals surface area contributed by atoms with Crippen molar-refractivity contribution >= 4 is 27.6 Å². The molecule has 6 N–H and O–H groups in total. The lowest BCUT2D eigenvalue weighted by Gasteiger charge is -2.20. The number of hydrogen-bond donors (Lipinski definition) is 6. The van der Waals surface area contributed by atoms with Crippen LogP contribution in [0, 0.1) is 0 Å². The lowest BCUT2D eigenvalue weighted by molar-refractivity contribution is -0.161. The molecular weight excluding hydrogens is 782 g/mol. The highest BCUT2D eigenvalue weighted by atomic mass is 31.2. The number of aliphatic hydroxyl groups is 3. The highest BCUT2D eigenvalue weighted by molar-refractivity contribution is 7.47. The minimum Gasteiger partial charge on any atom is -0.462 e. The van der Waals surface area contributed by atoms with Crippen molar-refractivity contribution in [1.29, 1.82) is 0 Å². The van der Waals surface area contributed by atoms with E-state index in [1.807, 2.05) is 12.2 Å². The first-order valence-electron chi connectivity index (χ1n) is 21.5. The topological polar surface area (TPSA) is 236 Å². The van der Waals surface area contributed by atoms with E-state index in [1.165, 1.54) is 64.2 Å². The Morgan fingerprint density at radius 1 is 0.544 bits per heavy atom. The van der Waals surface area contributed by atoms with Gasteiger partial charge in [-0.3, -0.25) is 23.2 Å². The molecule has 15 nitrogen and oxygen atoms in total. The van der Waals surface area contributed by atoms with E-state index in [9.17, 15) is 38.9 Å². The van der Waals surface area contributed by atoms with Gasteiger partial charge < -0.3 is 39.5 Å². The molecule has 0 fully saturated rings. The molecule has 0 bridgehead atoms. The smallest absolute Gasteiger partial charge is 0.462 e. The number of rotatable bonds is 41. The van der Waals surface area contributed by atoms with Crippen molar-refractivity contribution in [3.8, 4) is 0 Å². The van der Waals surface area contributed by atoms with E-state index in [2.05, 4.69) is 22.9 Å². The van der Waals surface area contributed by atoms with Gasteiger partial charge in [-0.1, -0.05) is 142 Å². The fraction of sp³-hybridized carbons (Fsp3) is 0.900. The van der Waals surface area contributed by atoms with Crippen LogP contribution in [0.15, 0.2) is 12.2 Å². The van der Waals surface area contributed by atoms with E-state index in [-0.39, 0.29) is 12.8 Å². The first-order chi connectivity index (χ1) is 27.2. The molecule has 0 aliphatic heterocycles. The van der Waals surface area contributed by atoms with Gasteiger partial charge in [0, 0.05) is 12.8 Å². The summed E-state index contributed by atoms with van der Waals surface area (Å²) in [5.41, 5.74) is 0. The van der Waals surface area contributed by atoms with Crippen LogP contribution in [0.3, 0.4) is 0 Å². The Labute approximate surface area is 342 Å². The second-order valence-corrected chi connectivity index (χ2v) is 17.6. The number of phosphoric acid groups is 2. The van der Waals surface area contributed by atoms with E-state index < -0.39 is 78.4 Å². The Kier molecular flexibility index (Phi) is 35.8. The number of aliphatic hydroxyl groups excluding tert-OH is 3. The zero-order valence-corrected chi connectivity index (χ0v) is 36.7. The molecule has 17 heteroatoms. The van der Waals surface area contributed by atoms with Crippen molar-refractivity contribution in [2.45, 2.75) is 205 Å². The van der Waals surface area contributed by atoms with Crippen LogP contribution >= 0.6 is 15.6 Å². The summed E-state index contributed by atoms with van der Waals surface area (Å²) in [6.45, 7) is 1.53. The van der Waals surface area contributed by atoms with Crippen LogP contribution in [0.4, 0.5) is 0 Å². The van der Waals surface area contributed by atoms with Gasteiger partial charge >= 0.3 is 27.6 Å². The number of unbranched alkanes of at least 4 members (excludes halogenated alkanes) is 19. The number of hydrogen-bond acceptors (Lipinski definition) is 12. The van der Waals surface area contributed by atoms with Crippen molar-refractivity contribution in [3.05, 3.63) is 12.2 Å². The van der Waals surface area contributed by atoms with Crippen LogP contribution in [0.25, 0.3) is 0 Å². The van der Waals surface area contributed by atoms with Crippen LogP contribution in [0.2, 0.25) is 0 Å². The van der Waals surface area contributed by atoms with Crippen molar-refractivity contribution < 1.29 is 71.8 Å². The molecular formula is C40H78O15P2. The summed E-state index contributed by atoms with van der Waals surface area (Å²) in [4.78, 5) is 52.6. The zero-order valence-electron chi connectivity index (χ0n) is 34.9. The fourth-order valence-corrected chi connectivity index (χ4v) is 7.06. The Morgan fingerprint density at radius 3 is 1.58 bits per heavy atom. The summed E-state index contributed by atoms with van der Waals surface area (Å²) in [7, 11) is -9.72. The van der Waals surface area contributed by atoms with Crippen LogP contribution in [0.5, 0.6) is 0 Å². The third kappa shape index (κ3) is 38.7. The average molecular weight is 861 g/mol. The summed E-state index contributed by atoms with van der Waals surface area (Å²) in [6.07, 6.45) is 23.7. The molecule has 57 heavy (non-hydrogen) atoms. The summed E-state index contributed by atoms with van der Waals surface area (Å²) < 4.78 is 47.6. The molecule has 338 valence electrons. The number of esters is 2. The molecule has 1 unspecified atom stereocenters. The van der Waals surface area contributed by atoms with Crippen molar-refractivity contribution in [3.63, 3.8) is 0 Å². The van der Waals surface area contributed by atoms with Crippen LogP contribution in [0.1, 0.15) is 181 Å². The molecule has 0 amide bonds. The number of phosphoric ester groups is 2. The van der Waals surface area contributed by atoms with Gasteiger partial charge in [-0.25, -0.2) is 9.13 Å². The quantitative estimate of drug-likeness (QED) is 0.0146. The highest BCUT2D eigenvalue weighted by Gasteiger charge is 2.28. The third-order valence-electron chi connectivity index (χ3n) is 9.35. The number of allylic oxidation sites excluding steroid dienone is 1. The zero-order chi connectivity index (χ0) is 42.6. The molecule has 0 saturated heterocycles. The standard InChI is InChI=1S/C40H78O15P2/c1-3-5-7-9-11-12-13-14-15-16-17-21-25-29-39(44)51-33-36(34-54-57(49,50)53-32-35(41)31-52-56(46,47)48)55-40(45)30-26-22-18-20-24-28-38(43)37(42)27-23-19-10-8-6-4-2/h19,23,35-38,41-43H,3-18,20-22,24-34H2,1-2H3,(H,49,50)(H2,46,47,48)/b23-19-/t35-,36+,37-,38-/m0/s1. The second kappa shape index (κ2) is 36.6. The van der Waals surface area contributed by atoms with Gasteiger partial charge in [-0.2, -0.15) is 0 Å². The predicted molar refractivity (Wildman–Crippen MR) is 219 cm³/mol. The summed E-state index contributed by atoms with van der Waals surface area (Å²) in [6, 6.07) is 0. The van der Waals surface area contributed by atoms with Crippen LogP contribution < -0.4 is 0 Å². The van der Waals surface area contributed by atoms with Crippen molar-refractivity contribution in [2.75, 3.05) is 26.4 Å². The molecule has 0 heterocycles. The maximum Gasteiger partial charge on any atom is 0.472 e. The monoisotopic (exact) mass is 860 g/mol. The summed E-state index contributed by atoms with van der Waals surface area (Å²) in [5.74, 6) is -1.14. The Morgan fingerprint density at radius 2 is 1.02 bits per heavy atom.